The van der Waals surface area contributed by atoms with Gasteiger partial charge < -0.3 is 19.9 Å². The number of amides is 1. The number of allylic oxidation sites excluding steroid dienone is 1. The van der Waals surface area contributed by atoms with Gasteiger partial charge in [-0.1, -0.05) is 30.4 Å². The minimum absolute atomic E-state index is 0.000706. The average Bonchev–Trinajstić information content (AvgIpc) is 3.65. The molecule has 0 unspecified atom stereocenters. The summed E-state index contributed by atoms with van der Waals surface area (Å²) in [6, 6.07) is 12.5. The van der Waals surface area contributed by atoms with Gasteiger partial charge in [-0.25, -0.2) is 18.1 Å². The Hall–Kier alpha value is -4.95. The first kappa shape index (κ1) is 37.6. The van der Waals surface area contributed by atoms with E-state index in [2.05, 4.69) is 29.8 Å². The lowest BCUT2D eigenvalue weighted by Crippen LogP contribution is -2.54. The molecule has 4 saturated carbocycles. The molecular formula is C43H51N7O6S. The van der Waals surface area contributed by atoms with Crippen molar-refractivity contribution in [1.82, 2.24) is 19.6 Å². The molecule has 57 heavy (non-hydrogen) atoms. The number of hydrogen-bond acceptors (Lipinski definition) is 10. The van der Waals surface area contributed by atoms with Gasteiger partial charge in [0.25, 0.3) is 21.6 Å². The highest BCUT2D eigenvalue weighted by Crippen LogP contribution is 2.69. The Kier molecular flexibility index (Phi) is 10.2. The van der Waals surface area contributed by atoms with Crippen LogP contribution in [0, 0.1) is 27.4 Å². The van der Waals surface area contributed by atoms with Gasteiger partial charge in [-0.3, -0.25) is 19.8 Å². The number of benzene rings is 2. The van der Waals surface area contributed by atoms with Crippen LogP contribution >= 0.6 is 0 Å². The lowest BCUT2D eigenvalue weighted by Gasteiger charge is -2.64. The largest absolute Gasteiger partial charge is 0.455 e. The molecule has 2 bridgehead atoms. The fourth-order valence-electron chi connectivity index (χ4n) is 10.0. The van der Waals surface area contributed by atoms with Gasteiger partial charge in [0.05, 0.1) is 21.6 Å². The zero-order chi connectivity index (χ0) is 39.1. The predicted molar refractivity (Wildman–Crippen MR) is 219 cm³/mol. The van der Waals surface area contributed by atoms with E-state index < -0.39 is 20.9 Å². The van der Waals surface area contributed by atoms with E-state index in [0.717, 1.165) is 81.5 Å². The molecule has 0 radical (unpaired) electrons. The summed E-state index contributed by atoms with van der Waals surface area (Å²) in [6.45, 7) is 5.06. The van der Waals surface area contributed by atoms with E-state index in [1.165, 1.54) is 63.5 Å². The van der Waals surface area contributed by atoms with Crippen LogP contribution in [0.25, 0.3) is 11.0 Å². The lowest BCUT2D eigenvalue weighted by molar-refractivity contribution is -0.384. The maximum absolute atomic E-state index is 13.9. The number of aromatic nitrogens is 2. The van der Waals surface area contributed by atoms with Crippen molar-refractivity contribution >= 4 is 44.0 Å². The van der Waals surface area contributed by atoms with Crippen LogP contribution in [0.1, 0.15) is 87.4 Å². The van der Waals surface area contributed by atoms with Crippen molar-refractivity contribution in [2.24, 2.45) is 17.3 Å². The van der Waals surface area contributed by atoms with Crippen LogP contribution in [0.15, 0.2) is 77.0 Å². The molecule has 5 fully saturated rings. The predicted octanol–water partition coefficient (Wildman–Crippen LogP) is 8.17. The second-order valence-corrected chi connectivity index (χ2v) is 18.6. The number of piperazine rings is 1. The second-order valence-electron chi connectivity index (χ2n) is 16.9. The van der Waals surface area contributed by atoms with Gasteiger partial charge in [-0.05, 0) is 111 Å². The van der Waals surface area contributed by atoms with Gasteiger partial charge >= 0.3 is 0 Å². The Bertz CT molecular complexity index is 2310. The van der Waals surface area contributed by atoms with Crippen molar-refractivity contribution in [1.29, 1.82) is 0 Å². The van der Waals surface area contributed by atoms with Crippen molar-refractivity contribution in [2.45, 2.75) is 81.9 Å². The van der Waals surface area contributed by atoms with Crippen LogP contribution in [0.3, 0.4) is 0 Å². The van der Waals surface area contributed by atoms with Crippen LogP contribution in [-0.2, 0) is 10.0 Å². The topological polar surface area (TPSA) is 163 Å². The Morgan fingerprint density at radius 3 is 2.51 bits per heavy atom. The van der Waals surface area contributed by atoms with Crippen molar-refractivity contribution in [3.05, 3.63) is 87.7 Å². The highest BCUT2D eigenvalue weighted by molar-refractivity contribution is 7.90. The number of H-pyrrole nitrogens is 1. The number of ether oxygens (including phenoxy) is 1. The molecule has 10 rings (SSSR count). The Morgan fingerprint density at radius 2 is 1.75 bits per heavy atom. The minimum Gasteiger partial charge on any atom is -0.455 e. The third kappa shape index (κ3) is 7.73. The van der Waals surface area contributed by atoms with Crippen molar-refractivity contribution in [3.63, 3.8) is 0 Å². The molecule has 6 aliphatic rings. The number of fused-ring (bicyclic) bond motifs is 1. The van der Waals surface area contributed by atoms with E-state index >= 15 is 0 Å². The number of hydrogen-bond donors (Lipinski definition) is 3. The molecular weight excluding hydrogens is 743 g/mol. The lowest BCUT2D eigenvalue weighted by atomic mass is 9.40. The van der Waals surface area contributed by atoms with Gasteiger partial charge in [-0.15, -0.1) is 0 Å². The Labute approximate surface area is 333 Å². The highest BCUT2D eigenvalue weighted by Gasteiger charge is 2.58. The number of carbonyl (C=O) groups excluding carboxylic acids is 1. The summed E-state index contributed by atoms with van der Waals surface area (Å²) in [4.78, 5) is 37.3. The number of carbonyl (C=O) groups is 1. The van der Waals surface area contributed by atoms with Crippen molar-refractivity contribution in [3.8, 4) is 11.5 Å². The first-order valence-corrected chi connectivity index (χ1v) is 22.1. The number of anilines is 2. The molecule has 13 nitrogen and oxygen atoms in total. The Morgan fingerprint density at radius 1 is 0.965 bits per heavy atom. The molecule has 1 amide bonds. The molecule has 3 heterocycles. The number of nitrogens with one attached hydrogen (secondary N) is 3. The van der Waals surface area contributed by atoms with Crippen LogP contribution in [0.2, 0.25) is 0 Å². The molecule has 14 heteroatoms. The summed E-state index contributed by atoms with van der Waals surface area (Å²) in [5.41, 5.74) is 5.45. The van der Waals surface area contributed by atoms with Crippen LogP contribution in [0.5, 0.6) is 11.5 Å². The quantitative estimate of drug-likeness (QED) is 0.0684. The molecule has 2 aromatic carbocycles. The Balaban J connectivity index is 0.924. The zero-order valence-electron chi connectivity index (χ0n) is 32.3. The molecule has 0 atom stereocenters. The van der Waals surface area contributed by atoms with E-state index in [1.807, 2.05) is 12.1 Å². The summed E-state index contributed by atoms with van der Waals surface area (Å²) in [7, 11) is -4.51. The van der Waals surface area contributed by atoms with Gasteiger partial charge in [0.15, 0.2) is 0 Å². The minimum atomic E-state index is -4.51. The number of aromatic amines is 1. The number of nitro groups is 1. The molecule has 3 N–H and O–H groups in total. The van der Waals surface area contributed by atoms with Crippen molar-refractivity contribution < 1.29 is 22.9 Å². The number of sulfonamides is 1. The highest BCUT2D eigenvalue weighted by atomic mass is 32.2. The van der Waals surface area contributed by atoms with Crippen LogP contribution in [0.4, 0.5) is 17.1 Å². The summed E-state index contributed by atoms with van der Waals surface area (Å²) in [5.74, 6) is 1.02. The van der Waals surface area contributed by atoms with E-state index in [1.54, 1.807) is 41.7 Å². The third-order valence-electron chi connectivity index (χ3n) is 13.2. The standard InChI is InChI=1S/C43H51N7O6S/c51-42(47-57(54,55)35-11-13-38(39(22-35)50(52)53)45-26-29-6-2-1-3-7-29)36-12-10-33(21-40(36)56-34-20-31-14-15-44-41(31)46-27-34)49-18-16-48(17-19-49)28-32-8-4-5-9-37(32)43-23-30(24-43)25-43/h10-15,20-22,27,29-30,45H,1-9,16-19,23-26,28H2,(H,44,46)(H,47,51). The molecule has 1 saturated heterocycles. The molecule has 2 aromatic heterocycles. The first-order valence-electron chi connectivity index (χ1n) is 20.7. The number of nitrogens with zero attached hydrogens (tertiary/aromatic N) is 4. The first-order chi connectivity index (χ1) is 27.6. The normalized spacial score (nSPS) is 22.8. The third-order valence-corrected chi connectivity index (χ3v) is 14.6. The molecule has 0 spiro atoms. The van der Waals surface area contributed by atoms with Gasteiger partial charge in [0.2, 0.25) is 0 Å². The van der Waals surface area contributed by atoms with E-state index in [9.17, 15) is 23.3 Å². The van der Waals surface area contributed by atoms with E-state index in [-0.39, 0.29) is 27.6 Å². The maximum Gasteiger partial charge on any atom is 0.293 e. The molecule has 4 aromatic rings. The van der Waals surface area contributed by atoms with Gasteiger partial charge in [-0.2, -0.15) is 0 Å². The summed E-state index contributed by atoms with van der Waals surface area (Å²) < 4.78 is 35.7. The number of pyridine rings is 1. The molecule has 5 aliphatic carbocycles. The fourth-order valence-corrected chi connectivity index (χ4v) is 11.0. The number of rotatable bonds is 13. The van der Waals surface area contributed by atoms with Crippen LogP contribution < -0.4 is 19.7 Å². The molecule has 300 valence electrons. The fraction of sp³-hybridized carbons (Fsp3) is 0.488. The van der Waals surface area contributed by atoms with Crippen LogP contribution in [-0.4, -0.2) is 73.4 Å². The smallest absolute Gasteiger partial charge is 0.293 e. The summed E-state index contributed by atoms with van der Waals surface area (Å²) in [5, 5.41) is 16.0. The van der Waals surface area contributed by atoms with E-state index in [0.29, 0.717) is 29.3 Å². The zero-order valence-corrected chi connectivity index (χ0v) is 33.1. The summed E-state index contributed by atoms with van der Waals surface area (Å²) in [6.07, 6.45) is 18.3. The maximum atomic E-state index is 13.9. The van der Waals surface area contributed by atoms with Gasteiger partial charge in [0.1, 0.15) is 22.8 Å². The monoisotopic (exact) mass is 793 g/mol. The average molecular weight is 794 g/mol. The summed E-state index contributed by atoms with van der Waals surface area (Å²) >= 11 is 0. The van der Waals surface area contributed by atoms with Gasteiger partial charge in [0, 0.05) is 68.7 Å². The number of nitro benzene ring substituents is 1. The van der Waals surface area contributed by atoms with Crippen molar-refractivity contribution in [2.75, 3.05) is 49.5 Å². The van der Waals surface area contributed by atoms with E-state index in [4.69, 9.17) is 4.74 Å². The molecule has 1 aliphatic heterocycles. The SMILES string of the molecule is O=C(NS(=O)(=O)c1ccc(NCC2CCCCC2)c([N+](=O)[O-])c1)c1ccc(N2CCN(CC3=C(C45CC(C4)C5)CCCC3)CC2)cc1Oc1cnc2[nH]ccc2c1. The second kappa shape index (κ2) is 15.4.